The number of ether oxygens (including phenoxy) is 1. The summed E-state index contributed by atoms with van der Waals surface area (Å²) in [7, 11) is 0. The normalized spacial score (nSPS) is 18.4. The van der Waals surface area contributed by atoms with Gasteiger partial charge in [0.1, 0.15) is 5.54 Å². The maximum Gasteiger partial charge on any atom is 0.326 e. The largest absolute Gasteiger partial charge is 0.465 e. The van der Waals surface area contributed by atoms with Crippen molar-refractivity contribution in [3.05, 3.63) is 0 Å². The standard InChI is InChI=1S/C15H30N2O2/c1-5-17(6-2)12-8-11-15(4,14(18)19-7-3)16-13-9-10-13/h13,16H,5-12H2,1-4H3. The third-order valence-electron chi connectivity index (χ3n) is 3.87. The molecule has 0 aromatic heterocycles. The van der Waals surface area contributed by atoms with Crippen LogP contribution in [0.5, 0.6) is 0 Å². The van der Waals surface area contributed by atoms with Crippen molar-refractivity contribution >= 4 is 5.97 Å². The highest BCUT2D eigenvalue weighted by atomic mass is 16.5. The minimum atomic E-state index is -0.510. The van der Waals surface area contributed by atoms with E-state index in [1.54, 1.807) is 0 Å². The Hall–Kier alpha value is -0.610. The van der Waals surface area contributed by atoms with Crippen LogP contribution in [-0.2, 0) is 9.53 Å². The molecule has 1 rings (SSSR count). The van der Waals surface area contributed by atoms with E-state index >= 15 is 0 Å². The van der Waals surface area contributed by atoms with E-state index in [-0.39, 0.29) is 5.97 Å². The van der Waals surface area contributed by atoms with Crippen molar-refractivity contribution in [3.63, 3.8) is 0 Å². The van der Waals surface area contributed by atoms with Crippen molar-refractivity contribution in [1.82, 2.24) is 10.2 Å². The zero-order chi connectivity index (χ0) is 14.3. The van der Waals surface area contributed by atoms with E-state index < -0.39 is 5.54 Å². The Morgan fingerprint density at radius 2 is 1.95 bits per heavy atom. The highest BCUT2D eigenvalue weighted by molar-refractivity contribution is 5.80. The van der Waals surface area contributed by atoms with Gasteiger partial charge in [0, 0.05) is 6.04 Å². The second-order valence-electron chi connectivity index (χ2n) is 5.60. The highest BCUT2D eigenvalue weighted by Gasteiger charge is 2.39. The molecule has 112 valence electrons. The van der Waals surface area contributed by atoms with E-state index in [0.717, 1.165) is 32.5 Å². The molecule has 4 heteroatoms. The van der Waals surface area contributed by atoms with E-state index in [1.165, 1.54) is 12.8 Å². The lowest BCUT2D eigenvalue weighted by atomic mass is 9.95. The van der Waals surface area contributed by atoms with E-state index in [2.05, 4.69) is 24.1 Å². The summed E-state index contributed by atoms with van der Waals surface area (Å²) < 4.78 is 5.23. The Labute approximate surface area is 117 Å². The summed E-state index contributed by atoms with van der Waals surface area (Å²) in [5.74, 6) is -0.0959. The summed E-state index contributed by atoms with van der Waals surface area (Å²) in [6.07, 6.45) is 4.24. The lowest BCUT2D eigenvalue weighted by Crippen LogP contribution is -2.51. The van der Waals surface area contributed by atoms with Crippen molar-refractivity contribution in [2.45, 2.75) is 65.0 Å². The van der Waals surface area contributed by atoms with Crippen LogP contribution in [0.4, 0.5) is 0 Å². The van der Waals surface area contributed by atoms with Gasteiger partial charge in [0.05, 0.1) is 6.61 Å². The van der Waals surface area contributed by atoms with Gasteiger partial charge in [-0.2, -0.15) is 0 Å². The van der Waals surface area contributed by atoms with E-state index in [9.17, 15) is 4.79 Å². The van der Waals surface area contributed by atoms with Crippen LogP contribution in [0.2, 0.25) is 0 Å². The first kappa shape index (κ1) is 16.4. The van der Waals surface area contributed by atoms with Gasteiger partial charge in [-0.3, -0.25) is 10.1 Å². The van der Waals surface area contributed by atoms with Crippen molar-refractivity contribution in [1.29, 1.82) is 0 Å². The van der Waals surface area contributed by atoms with Crippen LogP contribution in [0.15, 0.2) is 0 Å². The van der Waals surface area contributed by atoms with E-state index in [4.69, 9.17) is 4.74 Å². The molecular formula is C15H30N2O2. The minimum Gasteiger partial charge on any atom is -0.465 e. The van der Waals surface area contributed by atoms with Crippen LogP contribution in [0.3, 0.4) is 0 Å². The number of rotatable bonds is 10. The molecule has 1 aliphatic carbocycles. The molecule has 19 heavy (non-hydrogen) atoms. The third kappa shape index (κ3) is 5.49. The first-order valence-electron chi connectivity index (χ1n) is 7.73. The lowest BCUT2D eigenvalue weighted by Gasteiger charge is -2.29. The summed E-state index contributed by atoms with van der Waals surface area (Å²) in [6, 6.07) is 0.517. The SMILES string of the molecule is CCOC(=O)C(C)(CCCN(CC)CC)NC1CC1. The summed E-state index contributed by atoms with van der Waals surface area (Å²) in [5, 5.41) is 3.47. The summed E-state index contributed by atoms with van der Waals surface area (Å²) in [4.78, 5) is 14.5. The summed E-state index contributed by atoms with van der Waals surface area (Å²) in [6.45, 7) is 11.9. The molecule has 0 aromatic rings. The maximum absolute atomic E-state index is 12.1. The second-order valence-corrected chi connectivity index (χ2v) is 5.60. The second kappa shape index (κ2) is 7.85. The molecule has 1 unspecified atom stereocenters. The number of carbonyl (C=O) groups is 1. The number of hydrogen-bond donors (Lipinski definition) is 1. The van der Waals surface area contributed by atoms with Gasteiger partial charge in [-0.25, -0.2) is 0 Å². The van der Waals surface area contributed by atoms with Crippen LogP contribution in [0.1, 0.15) is 53.4 Å². The van der Waals surface area contributed by atoms with Gasteiger partial charge in [-0.15, -0.1) is 0 Å². The fourth-order valence-corrected chi connectivity index (χ4v) is 2.40. The number of nitrogens with one attached hydrogen (secondary N) is 1. The van der Waals surface area contributed by atoms with Gasteiger partial charge < -0.3 is 9.64 Å². The average Bonchev–Trinajstić information content (AvgIpc) is 3.19. The predicted octanol–water partition coefficient (Wildman–Crippen LogP) is 2.18. The molecule has 0 saturated heterocycles. The fraction of sp³-hybridized carbons (Fsp3) is 0.933. The van der Waals surface area contributed by atoms with Crippen molar-refractivity contribution in [3.8, 4) is 0 Å². The molecule has 1 saturated carbocycles. The zero-order valence-electron chi connectivity index (χ0n) is 13.0. The van der Waals surface area contributed by atoms with Crippen LogP contribution in [-0.4, -0.2) is 48.7 Å². The maximum atomic E-state index is 12.1. The Balaban J connectivity index is 2.46. The molecule has 1 aliphatic rings. The smallest absolute Gasteiger partial charge is 0.326 e. The van der Waals surface area contributed by atoms with Crippen molar-refractivity contribution < 1.29 is 9.53 Å². The molecular weight excluding hydrogens is 240 g/mol. The first-order chi connectivity index (χ1) is 9.05. The molecule has 0 bridgehead atoms. The monoisotopic (exact) mass is 270 g/mol. The quantitative estimate of drug-likeness (QED) is 0.618. The van der Waals surface area contributed by atoms with Crippen molar-refractivity contribution in [2.75, 3.05) is 26.2 Å². The third-order valence-corrected chi connectivity index (χ3v) is 3.87. The number of esters is 1. The molecule has 1 N–H and O–H groups in total. The summed E-state index contributed by atoms with van der Waals surface area (Å²) in [5.41, 5.74) is -0.510. The van der Waals surface area contributed by atoms with Crippen LogP contribution < -0.4 is 5.32 Å². The molecule has 0 aliphatic heterocycles. The molecule has 0 amide bonds. The van der Waals surface area contributed by atoms with Gasteiger partial charge >= 0.3 is 5.97 Å². The fourth-order valence-electron chi connectivity index (χ4n) is 2.40. The Morgan fingerprint density at radius 3 is 2.42 bits per heavy atom. The minimum absolute atomic E-state index is 0.0959. The molecule has 1 fully saturated rings. The highest BCUT2D eigenvalue weighted by Crippen LogP contribution is 2.25. The zero-order valence-corrected chi connectivity index (χ0v) is 13.0. The average molecular weight is 270 g/mol. The lowest BCUT2D eigenvalue weighted by molar-refractivity contribution is -0.151. The molecule has 4 nitrogen and oxygen atoms in total. The van der Waals surface area contributed by atoms with Crippen LogP contribution >= 0.6 is 0 Å². The van der Waals surface area contributed by atoms with Crippen molar-refractivity contribution in [2.24, 2.45) is 0 Å². The Bertz CT molecular complexity index is 275. The molecule has 0 spiro atoms. The molecule has 0 heterocycles. The van der Waals surface area contributed by atoms with Gasteiger partial charge in [-0.1, -0.05) is 13.8 Å². The van der Waals surface area contributed by atoms with E-state index in [0.29, 0.717) is 12.6 Å². The van der Waals surface area contributed by atoms with Crippen LogP contribution in [0, 0.1) is 0 Å². The van der Waals surface area contributed by atoms with Gasteiger partial charge in [-0.05, 0) is 59.2 Å². The molecule has 1 atom stereocenters. The molecule has 0 aromatic carbocycles. The molecule has 0 radical (unpaired) electrons. The topological polar surface area (TPSA) is 41.6 Å². The van der Waals surface area contributed by atoms with Gasteiger partial charge in [0.15, 0.2) is 0 Å². The summed E-state index contributed by atoms with van der Waals surface area (Å²) >= 11 is 0. The van der Waals surface area contributed by atoms with Gasteiger partial charge in [0.2, 0.25) is 0 Å². The number of hydrogen-bond acceptors (Lipinski definition) is 4. The predicted molar refractivity (Wildman–Crippen MR) is 78.2 cm³/mol. The Morgan fingerprint density at radius 1 is 1.32 bits per heavy atom. The Kier molecular flexibility index (Phi) is 6.80. The van der Waals surface area contributed by atoms with Gasteiger partial charge in [0.25, 0.3) is 0 Å². The van der Waals surface area contributed by atoms with Crippen LogP contribution in [0.25, 0.3) is 0 Å². The number of carbonyl (C=O) groups excluding carboxylic acids is 1. The first-order valence-corrected chi connectivity index (χ1v) is 7.73. The number of nitrogens with zero attached hydrogens (tertiary/aromatic N) is 1. The van der Waals surface area contributed by atoms with E-state index in [1.807, 2.05) is 13.8 Å².